The highest BCUT2D eigenvalue weighted by atomic mass is 16.5. The van der Waals surface area contributed by atoms with Crippen LogP contribution in [0.4, 0.5) is 0 Å². The average molecular weight is 442 g/mol. The Morgan fingerprint density at radius 1 is 1.16 bits per heavy atom. The van der Waals surface area contributed by atoms with Crippen molar-refractivity contribution in [3.63, 3.8) is 0 Å². The zero-order chi connectivity index (χ0) is 22.7. The van der Waals surface area contributed by atoms with Crippen LogP contribution >= 0.6 is 0 Å². The Labute approximate surface area is 191 Å². The van der Waals surface area contributed by atoms with Crippen LogP contribution < -0.4 is 5.32 Å². The van der Waals surface area contributed by atoms with E-state index >= 15 is 0 Å². The van der Waals surface area contributed by atoms with E-state index in [1.54, 1.807) is 4.90 Å². The first-order valence-electron chi connectivity index (χ1n) is 11.8. The van der Waals surface area contributed by atoms with Gasteiger partial charge in [0.05, 0.1) is 37.7 Å². The molecule has 1 aromatic rings. The van der Waals surface area contributed by atoms with Crippen molar-refractivity contribution in [2.45, 2.75) is 58.0 Å². The van der Waals surface area contributed by atoms with Crippen LogP contribution in [-0.2, 0) is 25.7 Å². The largest absolute Gasteiger partial charge is 0.378 e. The van der Waals surface area contributed by atoms with Crippen LogP contribution in [0.25, 0.3) is 0 Å². The summed E-state index contributed by atoms with van der Waals surface area (Å²) in [6.07, 6.45) is 6.27. The second-order valence-electron chi connectivity index (χ2n) is 8.98. The Morgan fingerprint density at radius 3 is 2.56 bits per heavy atom. The first kappa shape index (κ1) is 24.2. The molecule has 2 aliphatic rings. The maximum atomic E-state index is 13.4. The molecule has 0 spiro atoms. The van der Waals surface area contributed by atoms with E-state index in [4.69, 9.17) is 9.47 Å². The fourth-order valence-corrected chi connectivity index (χ4v) is 4.82. The molecule has 1 aliphatic heterocycles. The maximum Gasteiger partial charge on any atom is 0.229 e. The molecule has 32 heavy (non-hydrogen) atoms. The van der Waals surface area contributed by atoms with E-state index in [0.29, 0.717) is 45.2 Å². The minimum atomic E-state index is -1.03. The highest BCUT2D eigenvalue weighted by Crippen LogP contribution is 2.40. The highest BCUT2D eigenvalue weighted by molar-refractivity contribution is 5.89. The van der Waals surface area contributed by atoms with Crippen molar-refractivity contribution in [2.24, 2.45) is 11.3 Å². The number of hydrogen-bond donors (Lipinski definition) is 1. The summed E-state index contributed by atoms with van der Waals surface area (Å²) in [5, 5.41) is 12.5. The first-order chi connectivity index (χ1) is 15.6. The Bertz CT molecular complexity index is 767. The van der Waals surface area contributed by atoms with E-state index in [2.05, 4.69) is 11.4 Å². The Morgan fingerprint density at radius 2 is 1.88 bits per heavy atom. The number of morpholine rings is 1. The monoisotopic (exact) mass is 441 g/mol. The van der Waals surface area contributed by atoms with Gasteiger partial charge in [-0.25, -0.2) is 0 Å². The van der Waals surface area contributed by atoms with Gasteiger partial charge in [-0.05, 0) is 17.9 Å². The minimum absolute atomic E-state index is 0.0318. The van der Waals surface area contributed by atoms with Crippen molar-refractivity contribution < 1.29 is 19.1 Å². The van der Waals surface area contributed by atoms with Gasteiger partial charge in [0.2, 0.25) is 11.8 Å². The zero-order valence-corrected chi connectivity index (χ0v) is 18.9. The highest BCUT2D eigenvalue weighted by Gasteiger charge is 2.43. The van der Waals surface area contributed by atoms with Crippen molar-refractivity contribution in [1.82, 2.24) is 10.2 Å². The van der Waals surface area contributed by atoms with Crippen molar-refractivity contribution in [3.05, 3.63) is 35.9 Å². The molecule has 0 radical (unpaired) electrons. The zero-order valence-electron chi connectivity index (χ0n) is 18.9. The average Bonchev–Trinajstić information content (AvgIpc) is 2.83. The van der Waals surface area contributed by atoms with Gasteiger partial charge in [0.25, 0.3) is 0 Å². The smallest absolute Gasteiger partial charge is 0.229 e. The molecule has 0 bridgehead atoms. The molecule has 1 unspecified atom stereocenters. The van der Waals surface area contributed by atoms with Gasteiger partial charge < -0.3 is 19.7 Å². The fraction of sp³-hybridized carbons (Fsp3) is 0.640. The number of benzene rings is 1. The molecule has 1 saturated heterocycles. The third-order valence-electron chi connectivity index (χ3n) is 6.60. The van der Waals surface area contributed by atoms with E-state index in [9.17, 15) is 14.9 Å². The number of hydrogen-bond acceptors (Lipinski definition) is 5. The topological polar surface area (TPSA) is 91.7 Å². The number of amides is 2. The molecule has 174 valence electrons. The van der Waals surface area contributed by atoms with Crippen LogP contribution in [0.15, 0.2) is 30.3 Å². The van der Waals surface area contributed by atoms with E-state index in [1.807, 2.05) is 30.3 Å². The van der Waals surface area contributed by atoms with E-state index < -0.39 is 5.41 Å². The molecular formula is C25H35N3O4. The quantitative estimate of drug-likeness (QED) is 0.444. The molecule has 1 atom stereocenters. The fourth-order valence-electron chi connectivity index (χ4n) is 4.82. The summed E-state index contributed by atoms with van der Waals surface area (Å²) in [6, 6.07) is 12.0. The van der Waals surface area contributed by atoms with Crippen molar-refractivity contribution in [1.29, 1.82) is 5.26 Å². The lowest BCUT2D eigenvalue weighted by Crippen LogP contribution is -2.48. The predicted molar refractivity (Wildman–Crippen MR) is 120 cm³/mol. The molecule has 2 amide bonds. The number of carbonyl (C=O) groups excluding carboxylic acids is 2. The molecular weight excluding hydrogens is 406 g/mol. The first-order valence-corrected chi connectivity index (χ1v) is 11.8. The molecule has 2 fully saturated rings. The molecule has 1 N–H and O–H groups in total. The van der Waals surface area contributed by atoms with Crippen LogP contribution in [0.1, 0.15) is 56.9 Å². The van der Waals surface area contributed by atoms with Crippen LogP contribution in [0.2, 0.25) is 0 Å². The minimum Gasteiger partial charge on any atom is -0.378 e. The summed E-state index contributed by atoms with van der Waals surface area (Å²) in [6.45, 7) is 2.54. The van der Waals surface area contributed by atoms with Crippen molar-refractivity contribution >= 4 is 11.8 Å². The summed E-state index contributed by atoms with van der Waals surface area (Å²) >= 11 is 0. The lowest BCUT2D eigenvalue weighted by Gasteiger charge is -2.37. The number of ether oxygens (including phenoxy) is 2. The summed E-state index contributed by atoms with van der Waals surface area (Å²) < 4.78 is 11.0. The number of nitrogens with zero attached hydrogens (tertiary/aromatic N) is 2. The molecule has 0 aromatic heterocycles. The lowest BCUT2D eigenvalue weighted by atomic mass is 9.70. The van der Waals surface area contributed by atoms with E-state index in [1.165, 1.54) is 6.42 Å². The summed E-state index contributed by atoms with van der Waals surface area (Å²) in [7, 11) is 0. The van der Waals surface area contributed by atoms with Crippen LogP contribution in [0.3, 0.4) is 0 Å². The number of nitriles is 1. The van der Waals surface area contributed by atoms with Crippen LogP contribution in [0, 0.1) is 22.7 Å². The van der Waals surface area contributed by atoms with E-state index in [-0.39, 0.29) is 31.4 Å². The van der Waals surface area contributed by atoms with Crippen molar-refractivity contribution in [2.75, 3.05) is 33.0 Å². The molecule has 1 heterocycles. The molecule has 1 aromatic carbocycles. The van der Waals surface area contributed by atoms with Gasteiger partial charge in [-0.2, -0.15) is 5.26 Å². The van der Waals surface area contributed by atoms with Crippen molar-refractivity contribution in [3.8, 4) is 6.07 Å². The van der Waals surface area contributed by atoms with E-state index in [0.717, 1.165) is 31.2 Å². The number of carbonyl (C=O) groups is 2. The molecule has 7 heteroatoms. The van der Waals surface area contributed by atoms with Gasteiger partial charge in [-0.15, -0.1) is 0 Å². The lowest BCUT2D eigenvalue weighted by molar-refractivity contribution is -0.145. The maximum absolute atomic E-state index is 13.4. The van der Waals surface area contributed by atoms with Gasteiger partial charge >= 0.3 is 0 Å². The SMILES string of the molecule is N#CCC(CC(=O)N1CCOCC1)(CC1CCCCC1)C(=O)NCOCc1ccccc1. The Hall–Kier alpha value is -2.43. The molecule has 1 saturated carbocycles. The van der Waals surface area contributed by atoms with Gasteiger partial charge in [-0.3, -0.25) is 9.59 Å². The summed E-state index contributed by atoms with van der Waals surface area (Å²) in [4.78, 5) is 28.3. The third kappa shape index (κ3) is 7.04. The normalized spacial score (nSPS) is 19.0. The predicted octanol–water partition coefficient (Wildman–Crippen LogP) is 3.40. The summed E-state index contributed by atoms with van der Waals surface area (Å²) in [5.41, 5.74) is -0.00264. The van der Waals surface area contributed by atoms with Gasteiger partial charge in [-0.1, -0.05) is 62.4 Å². The second kappa shape index (κ2) is 12.6. The molecule has 7 nitrogen and oxygen atoms in total. The van der Waals surface area contributed by atoms with Gasteiger partial charge in [0, 0.05) is 19.5 Å². The van der Waals surface area contributed by atoms with Gasteiger partial charge in [0.15, 0.2) is 0 Å². The van der Waals surface area contributed by atoms with Crippen LogP contribution in [0.5, 0.6) is 0 Å². The standard InChI is InChI=1S/C25H35N3O4/c26-12-11-25(17-21-7-3-1-4-8-21,18-23(29)28-13-15-31-16-14-28)24(30)27-20-32-19-22-9-5-2-6-10-22/h2,5-6,9-10,21H,1,3-4,7-8,11,13-20H2,(H,27,30). The Kier molecular flexibility index (Phi) is 9.51. The Balaban J connectivity index is 1.66. The summed E-state index contributed by atoms with van der Waals surface area (Å²) in [5.74, 6) is 0.0459. The molecule has 1 aliphatic carbocycles. The molecule has 3 rings (SSSR count). The third-order valence-corrected chi connectivity index (χ3v) is 6.60. The number of rotatable bonds is 10. The number of nitrogens with one attached hydrogen (secondary N) is 1. The van der Waals surface area contributed by atoms with Crippen LogP contribution in [-0.4, -0.2) is 49.7 Å². The van der Waals surface area contributed by atoms with Gasteiger partial charge in [0.1, 0.15) is 6.73 Å². The second-order valence-corrected chi connectivity index (χ2v) is 8.98.